The number of hydrogen-bond acceptors (Lipinski definition) is 2. The van der Waals surface area contributed by atoms with Gasteiger partial charge in [0.1, 0.15) is 11.9 Å². The van der Waals surface area contributed by atoms with Crippen molar-refractivity contribution in [1.29, 1.82) is 0 Å². The summed E-state index contributed by atoms with van der Waals surface area (Å²) >= 11 is 0. The minimum Gasteiger partial charge on any atom is -0.496 e. The van der Waals surface area contributed by atoms with Gasteiger partial charge in [-0.2, -0.15) is 0 Å². The van der Waals surface area contributed by atoms with Gasteiger partial charge in [0.25, 0.3) is 0 Å². The van der Waals surface area contributed by atoms with Crippen LogP contribution >= 0.6 is 0 Å². The Kier molecular flexibility index (Phi) is 3.67. The first kappa shape index (κ1) is 15.4. The van der Waals surface area contributed by atoms with Gasteiger partial charge >= 0.3 is 0 Å². The van der Waals surface area contributed by atoms with Crippen LogP contribution in [0, 0.1) is 23.3 Å². The van der Waals surface area contributed by atoms with Crippen molar-refractivity contribution < 1.29 is 14.2 Å². The molecule has 0 spiro atoms. The largest absolute Gasteiger partial charge is 0.496 e. The lowest BCUT2D eigenvalue weighted by molar-refractivity contribution is -0.0520. The predicted molar refractivity (Wildman–Crippen MR) is 87.3 cm³/mol. The molecule has 4 rings (SSSR count). The smallest absolute Gasteiger partial charge is 0.127 e. The van der Waals surface area contributed by atoms with E-state index in [1.54, 1.807) is 7.11 Å². The Morgan fingerprint density at radius 3 is 3.00 bits per heavy atom. The van der Waals surface area contributed by atoms with Crippen LogP contribution in [0.5, 0.6) is 5.75 Å². The van der Waals surface area contributed by atoms with Gasteiger partial charge in [-0.25, -0.2) is 4.39 Å². The molecule has 3 aliphatic rings. The molecule has 2 nitrogen and oxygen atoms in total. The summed E-state index contributed by atoms with van der Waals surface area (Å²) in [6.07, 6.45) is 3.78. The van der Waals surface area contributed by atoms with Crippen LogP contribution in [0.2, 0.25) is 0 Å². The highest BCUT2D eigenvalue weighted by atomic mass is 19.1. The lowest BCUT2D eigenvalue weighted by Crippen LogP contribution is -2.46. The van der Waals surface area contributed by atoms with Gasteiger partial charge in [0.2, 0.25) is 0 Å². The van der Waals surface area contributed by atoms with Crippen LogP contribution < -0.4 is 4.74 Å². The molecule has 0 saturated heterocycles. The van der Waals surface area contributed by atoms with Crippen molar-refractivity contribution in [3.8, 4) is 5.75 Å². The van der Waals surface area contributed by atoms with Gasteiger partial charge in [0, 0.05) is 11.5 Å². The van der Waals surface area contributed by atoms with Crippen molar-refractivity contribution in [2.75, 3.05) is 7.11 Å². The second-order valence-corrected chi connectivity index (χ2v) is 7.72. The third-order valence-corrected chi connectivity index (χ3v) is 7.17. The number of ether oxygens (including phenoxy) is 1. The van der Waals surface area contributed by atoms with Gasteiger partial charge in [-0.1, -0.05) is 6.92 Å². The minimum atomic E-state index is -1.04. The SMILES string of the molecule is CC[C@]12CC[C@@H]3c4cc(OC)[c]cc4CC[C@H]3[C@@H]1C[C@@H](F)[C@@H]2O. The van der Waals surface area contributed by atoms with Crippen LogP contribution in [0.4, 0.5) is 4.39 Å². The van der Waals surface area contributed by atoms with Crippen molar-refractivity contribution >= 4 is 0 Å². The molecule has 2 fully saturated rings. The molecule has 1 radical (unpaired) electrons. The summed E-state index contributed by atoms with van der Waals surface area (Å²) in [4.78, 5) is 0. The van der Waals surface area contributed by atoms with Crippen molar-refractivity contribution in [1.82, 2.24) is 0 Å². The first-order valence-corrected chi connectivity index (χ1v) is 9.01. The van der Waals surface area contributed by atoms with E-state index < -0.39 is 12.3 Å². The molecule has 0 aromatic heterocycles. The van der Waals surface area contributed by atoms with Gasteiger partial charge < -0.3 is 9.84 Å². The summed E-state index contributed by atoms with van der Waals surface area (Å²) in [7, 11) is 1.68. The Morgan fingerprint density at radius 2 is 2.26 bits per heavy atom. The maximum absolute atomic E-state index is 14.3. The van der Waals surface area contributed by atoms with Crippen LogP contribution in [-0.2, 0) is 6.42 Å². The van der Waals surface area contributed by atoms with Crippen molar-refractivity contribution in [2.45, 2.75) is 63.6 Å². The second kappa shape index (κ2) is 5.47. The molecule has 0 bridgehead atoms. The Morgan fingerprint density at radius 1 is 1.43 bits per heavy atom. The lowest BCUT2D eigenvalue weighted by Gasteiger charge is -2.51. The minimum absolute atomic E-state index is 0.191. The highest BCUT2D eigenvalue weighted by Gasteiger charge is 2.59. The van der Waals surface area contributed by atoms with Crippen LogP contribution in [0.25, 0.3) is 0 Å². The number of alkyl halides is 1. The molecule has 0 unspecified atom stereocenters. The fourth-order valence-electron chi connectivity index (χ4n) is 5.99. The number of benzene rings is 1. The number of aliphatic hydroxyl groups excluding tert-OH is 1. The van der Waals surface area contributed by atoms with E-state index >= 15 is 0 Å². The average Bonchev–Trinajstić information content (AvgIpc) is 2.86. The van der Waals surface area contributed by atoms with E-state index in [1.165, 1.54) is 11.1 Å². The average molecular weight is 317 g/mol. The Bertz CT molecular complexity index is 601. The topological polar surface area (TPSA) is 29.5 Å². The van der Waals surface area contributed by atoms with E-state index in [2.05, 4.69) is 25.1 Å². The fourth-order valence-corrected chi connectivity index (χ4v) is 5.99. The van der Waals surface area contributed by atoms with Crippen molar-refractivity contribution in [2.24, 2.45) is 17.3 Å². The van der Waals surface area contributed by atoms with Gasteiger partial charge in [0.05, 0.1) is 13.2 Å². The van der Waals surface area contributed by atoms with Gasteiger partial charge in [-0.3, -0.25) is 0 Å². The summed E-state index contributed by atoms with van der Waals surface area (Å²) in [6.45, 7) is 2.13. The van der Waals surface area contributed by atoms with Gasteiger partial charge in [0.15, 0.2) is 0 Å². The summed E-state index contributed by atoms with van der Waals surface area (Å²) in [5.41, 5.74) is 2.58. The number of hydrogen-bond donors (Lipinski definition) is 1. The molecular formula is C20H26FO2. The maximum Gasteiger partial charge on any atom is 0.127 e. The third-order valence-electron chi connectivity index (χ3n) is 7.17. The number of rotatable bonds is 2. The van der Waals surface area contributed by atoms with Crippen LogP contribution in [0.15, 0.2) is 12.1 Å². The predicted octanol–water partition coefficient (Wildman–Crippen LogP) is 4.05. The van der Waals surface area contributed by atoms with E-state index in [0.717, 1.165) is 37.9 Å². The van der Waals surface area contributed by atoms with Gasteiger partial charge in [-0.15, -0.1) is 0 Å². The normalized spacial score (nSPS) is 41.8. The van der Waals surface area contributed by atoms with E-state index in [1.807, 2.05) is 0 Å². The molecule has 1 N–H and O–H groups in total. The molecule has 1 aromatic rings. The lowest BCUT2D eigenvalue weighted by atomic mass is 9.54. The van der Waals surface area contributed by atoms with E-state index in [4.69, 9.17) is 4.74 Å². The van der Waals surface area contributed by atoms with Crippen LogP contribution in [0.3, 0.4) is 0 Å². The van der Waals surface area contributed by atoms with Crippen molar-refractivity contribution in [3.63, 3.8) is 0 Å². The molecule has 23 heavy (non-hydrogen) atoms. The number of halogens is 1. The number of aryl methyl sites for hydroxylation is 1. The van der Waals surface area contributed by atoms with Crippen molar-refractivity contribution in [3.05, 3.63) is 29.3 Å². The molecule has 125 valence electrons. The Labute approximate surface area is 138 Å². The highest BCUT2D eigenvalue weighted by Crippen LogP contribution is 2.62. The molecule has 2 saturated carbocycles. The van der Waals surface area contributed by atoms with E-state index in [-0.39, 0.29) is 5.41 Å². The zero-order chi connectivity index (χ0) is 16.2. The molecule has 0 aliphatic heterocycles. The summed E-state index contributed by atoms with van der Waals surface area (Å²) in [5.74, 6) is 2.11. The van der Waals surface area contributed by atoms with E-state index in [0.29, 0.717) is 24.2 Å². The number of methoxy groups -OCH3 is 1. The summed E-state index contributed by atoms with van der Waals surface area (Å²) < 4.78 is 19.7. The van der Waals surface area contributed by atoms with Gasteiger partial charge in [-0.05, 0) is 79.5 Å². The monoisotopic (exact) mass is 317 g/mol. The molecule has 0 heterocycles. The molecule has 1 aromatic carbocycles. The third kappa shape index (κ3) is 2.08. The summed E-state index contributed by atoms with van der Waals surface area (Å²) in [5, 5.41) is 10.5. The van der Waals surface area contributed by atoms with Crippen LogP contribution in [-0.4, -0.2) is 24.5 Å². The standard InChI is InChI=1S/C20H26FO2/c1-3-20-9-8-14-15(17(20)11-18(21)19(20)22)7-5-12-4-6-13(23-2)10-16(12)14/h4,10,14-15,17-19,22H,3,5,7-9,11H2,1-2H3/t14-,15+,17-,18+,19-,20-/m0/s1. The Hall–Kier alpha value is -1.09. The second-order valence-electron chi connectivity index (χ2n) is 7.72. The van der Waals surface area contributed by atoms with E-state index in [9.17, 15) is 9.50 Å². The molecule has 3 aliphatic carbocycles. The van der Waals surface area contributed by atoms with Crippen LogP contribution in [0.1, 0.15) is 56.1 Å². The molecule has 0 amide bonds. The highest BCUT2D eigenvalue weighted by molar-refractivity contribution is 5.40. The zero-order valence-corrected chi connectivity index (χ0v) is 14.0. The Balaban J connectivity index is 1.72. The molecule has 3 heteroatoms. The quantitative estimate of drug-likeness (QED) is 0.891. The first-order valence-electron chi connectivity index (χ1n) is 9.01. The zero-order valence-electron chi connectivity index (χ0n) is 14.0. The molecule has 6 atom stereocenters. The maximum atomic E-state index is 14.3. The molecular weight excluding hydrogens is 291 g/mol. The number of aliphatic hydroxyl groups is 1. The summed E-state index contributed by atoms with van der Waals surface area (Å²) in [6, 6.07) is 7.42. The fraction of sp³-hybridized carbons (Fsp3) is 0.700. The number of fused-ring (bicyclic) bond motifs is 5. The first-order chi connectivity index (χ1) is 11.1.